The molecule has 2 N–H and O–H groups in total. The number of aliphatic imine (C=N–C) groups is 1. The monoisotopic (exact) mass is 362 g/mol. The highest BCUT2D eigenvalue weighted by molar-refractivity contribution is 7.73. The van der Waals surface area contributed by atoms with Crippen molar-refractivity contribution in [3.63, 3.8) is 0 Å². The molecule has 0 fully saturated rings. The third kappa shape index (κ3) is 2.74. The van der Waals surface area contributed by atoms with Crippen LogP contribution < -0.4 is 4.74 Å². The molecule has 124 valence electrons. The molecule has 1 aliphatic rings. The molecule has 1 unspecified atom stereocenters. The molecule has 6 nitrogen and oxygen atoms in total. The summed E-state index contributed by atoms with van der Waals surface area (Å²) in [7, 11) is 1.59. The van der Waals surface area contributed by atoms with E-state index >= 15 is 0 Å². The van der Waals surface area contributed by atoms with E-state index in [0.29, 0.717) is 14.6 Å². The number of rotatable bonds is 4. The number of carbonyl (C=O) groups is 1. The van der Waals surface area contributed by atoms with E-state index in [-0.39, 0.29) is 5.88 Å². The summed E-state index contributed by atoms with van der Waals surface area (Å²) in [6, 6.07) is 4.61. The number of carboxylic acids is 1. The van der Waals surface area contributed by atoms with E-state index in [0.717, 1.165) is 28.2 Å². The fraction of sp³-hybridized carbons (Fsp3) is 0.188. The number of hydrogen-bond acceptors (Lipinski definition) is 6. The van der Waals surface area contributed by atoms with Crippen LogP contribution in [0.5, 0.6) is 11.6 Å². The maximum Gasteiger partial charge on any atom is 0.326 e. The Kier molecular flexibility index (Phi) is 4.25. The predicted octanol–water partition coefficient (Wildman–Crippen LogP) is 3.90. The van der Waals surface area contributed by atoms with E-state index < -0.39 is 12.0 Å². The van der Waals surface area contributed by atoms with Crippen LogP contribution in [0.4, 0.5) is 5.69 Å². The van der Waals surface area contributed by atoms with E-state index in [1.165, 1.54) is 11.5 Å². The molecule has 2 heterocycles. The first-order valence-electron chi connectivity index (χ1n) is 7.03. The van der Waals surface area contributed by atoms with Crippen LogP contribution in [0.25, 0.3) is 11.6 Å². The maximum absolute atomic E-state index is 11.2. The van der Waals surface area contributed by atoms with Gasteiger partial charge in [-0.15, -0.1) is 11.3 Å². The van der Waals surface area contributed by atoms with Crippen LogP contribution in [0.1, 0.15) is 23.4 Å². The second-order valence-electron chi connectivity index (χ2n) is 5.18. The summed E-state index contributed by atoms with van der Waals surface area (Å²) in [5.74, 6) is -0.492. The van der Waals surface area contributed by atoms with Crippen LogP contribution in [0.3, 0.4) is 0 Å². The van der Waals surface area contributed by atoms with Crippen molar-refractivity contribution in [1.29, 1.82) is 0 Å². The fourth-order valence-corrected chi connectivity index (χ4v) is 3.81. The van der Waals surface area contributed by atoms with E-state index in [9.17, 15) is 9.90 Å². The van der Waals surface area contributed by atoms with Gasteiger partial charge in [-0.1, -0.05) is 0 Å². The van der Waals surface area contributed by atoms with Crippen molar-refractivity contribution in [2.45, 2.75) is 13.0 Å². The first-order chi connectivity index (χ1) is 11.4. The smallest absolute Gasteiger partial charge is 0.326 e. The Labute approximate surface area is 147 Å². The van der Waals surface area contributed by atoms with Gasteiger partial charge in [0.15, 0.2) is 3.95 Å². The number of aromatic hydroxyl groups is 1. The largest absolute Gasteiger partial charge is 0.497 e. The number of aliphatic carboxylic acids is 1. The van der Waals surface area contributed by atoms with Gasteiger partial charge in [0.2, 0.25) is 5.88 Å². The van der Waals surface area contributed by atoms with Crippen LogP contribution in [0, 0.1) is 3.95 Å². The minimum atomic E-state index is -1.06. The molecule has 0 spiro atoms. The van der Waals surface area contributed by atoms with Crippen molar-refractivity contribution in [3.8, 4) is 11.6 Å². The van der Waals surface area contributed by atoms with Gasteiger partial charge in [0.25, 0.3) is 0 Å². The highest BCUT2D eigenvalue weighted by atomic mass is 32.1. The molecule has 1 atom stereocenters. The number of carboxylic acid groups (broad SMARTS) is 1. The van der Waals surface area contributed by atoms with Crippen molar-refractivity contribution in [2.24, 2.45) is 4.99 Å². The Bertz CT molecular complexity index is 940. The Hall–Kier alpha value is -2.45. The lowest BCUT2D eigenvalue weighted by atomic mass is 10.1. The van der Waals surface area contributed by atoms with Crippen molar-refractivity contribution in [3.05, 3.63) is 32.6 Å². The van der Waals surface area contributed by atoms with Gasteiger partial charge in [-0.25, -0.2) is 4.79 Å². The Balaban J connectivity index is 2.04. The number of nitrogens with zero attached hydrogens (tertiary/aromatic N) is 2. The molecule has 8 heteroatoms. The molecule has 0 aliphatic carbocycles. The number of benzene rings is 1. The molecule has 24 heavy (non-hydrogen) atoms. The van der Waals surface area contributed by atoms with Crippen LogP contribution in [0.2, 0.25) is 0 Å². The molecule has 1 aromatic carbocycles. The van der Waals surface area contributed by atoms with E-state index in [2.05, 4.69) is 4.99 Å². The zero-order chi connectivity index (χ0) is 17.4. The zero-order valence-corrected chi connectivity index (χ0v) is 14.5. The molecule has 3 rings (SSSR count). The van der Waals surface area contributed by atoms with Gasteiger partial charge in [-0.3, -0.25) is 9.56 Å². The molecule has 1 aliphatic heterocycles. The normalized spacial score (nSPS) is 15.5. The molecular formula is C16H14N2O4S2. The minimum absolute atomic E-state index is 0.150. The zero-order valence-electron chi connectivity index (χ0n) is 12.9. The summed E-state index contributed by atoms with van der Waals surface area (Å²) < 4.78 is 6.71. The lowest BCUT2D eigenvalue weighted by molar-refractivity contribution is -0.140. The summed E-state index contributed by atoms with van der Waals surface area (Å²) in [6.07, 6.45) is 3.44. The summed E-state index contributed by atoms with van der Waals surface area (Å²) in [6.45, 7) is 1.47. The summed E-state index contributed by atoms with van der Waals surface area (Å²) in [4.78, 5) is 16.0. The number of fused-ring (bicyclic) bond motifs is 1. The van der Waals surface area contributed by atoms with Gasteiger partial charge in [-0.2, -0.15) is 0 Å². The van der Waals surface area contributed by atoms with Crippen LogP contribution in [0.15, 0.2) is 23.2 Å². The van der Waals surface area contributed by atoms with E-state index in [1.807, 2.05) is 18.2 Å². The van der Waals surface area contributed by atoms with Crippen LogP contribution >= 0.6 is 23.6 Å². The number of ether oxygens (including phenoxy) is 1. The molecule has 2 aromatic rings. The standard InChI is InChI=1S/C16H14N2O4S2/c1-8(15(20)21)18-14(19)13(24-16(18)23)5-9-7-17-12-6-10(22-2)3-4-11(9)12/h3-8,19H,1-2H3,(H,20,21)/b9-5+. The SMILES string of the molecule is COc1ccc2c(c1)N=C/C2=C\c1sc(=S)n(C(C)C(=O)O)c1O. The molecular weight excluding hydrogens is 348 g/mol. The quantitative estimate of drug-likeness (QED) is 0.806. The first kappa shape index (κ1) is 16.4. The molecule has 0 amide bonds. The van der Waals surface area contributed by atoms with Gasteiger partial charge >= 0.3 is 5.97 Å². The minimum Gasteiger partial charge on any atom is -0.497 e. The van der Waals surface area contributed by atoms with E-state index in [1.54, 1.807) is 19.4 Å². The van der Waals surface area contributed by atoms with Crippen LogP contribution in [-0.4, -0.2) is 34.1 Å². The van der Waals surface area contributed by atoms with Gasteiger partial charge < -0.3 is 14.9 Å². The van der Waals surface area contributed by atoms with Crippen LogP contribution in [-0.2, 0) is 4.79 Å². The third-order valence-electron chi connectivity index (χ3n) is 3.73. The van der Waals surface area contributed by atoms with Crippen molar-refractivity contribution in [2.75, 3.05) is 7.11 Å². The van der Waals surface area contributed by atoms with Crippen molar-refractivity contribution >= 4 is 53.1 Å². The molecule has 0 radical (unpaired) electrons. The summed E-state index contributed by atoms with van der Waals surface area (Å²) in [5.41, 5.74) is 2.50. The van der Waals surface area contributed by atoms with Gasteiger partial charge in [0.05, 0.1) is 17.7 Å². The number of thiazole rings is 1. The number of methoxy groups -OCH3 is 1. The molecule has 0 saturated heterocycles. The Morgan fingerprint density at radius 3 is 2.92 bits per heavy atom. The third-order valence-corrected chi connectivity index (χ3v) is 5.07. The molecule has 0 saturated carbocycles. The average Bonchev–Trinajstić information content (AvgIpc) is 3.07. The number of hydrogen-bond donors (Lipinski definition) is 2. The first-order valence-corrected chi connectivity index (χ1v) is 8.26. The fourth-order valence-electron chi connectivity index (χ4n) is 2.39. The lowest BCUT2D eigenvalue weighted by Gasteiger charge is -2.09. The van der Waals surface area contributed by atoms with Gasteiger partial charge in [0.1, 0.15) is 11.8 Å². The van der Waals surface area contributed by atoms with E-state index in [4.69, 9.17) is 22.1 Å². The summed E-state index contributed by atoms with van der Waals surface area (Å²) >= 11 is 6.34. The highest BCUT2D eigenvalue weighted by Gasteiger charge is 2.22. The molecule has 1 aromatic heterocycles. The molecule has 0 bridgehead atoms. The summed E-state index contributed by atoms with van der Waals surface area (Å²) in [5, 5.41) is 19.5. The van der Waals surface area contributed by atoms with Gasteiger partial charge in [0, 0.05) is 23.4 Å². The predicted molar refractivity (Wildman–Crippen MR) is 96.2 cm³/mol. The Morgan fingerprint density at radius 2 is 2.25 bits per heavy atom. The van der Waals surface area contributed by atoms with Crippen molar-refractivity contribution < 1.29 is 19.7 Å². The Morgan fingerprint density at radius 1 is 1.50 bits per heavy atom. The number of aromatic nitrogens is 1. The highest BCUT2D eigenvalue weighted by Crippen LogP contribution is 2.38. The topological polar surface area (TPSA) is 84.1 Å². The second-order valence-corrected chi connectivity index (χ2v) is 6.86. The lowest BCUT2D eigenvalue weighted by Crippen LogP contribution is -2.14. The number of allylic oxidation sites excluding steroid dienone is 1. The van der Waals surface area contributed by atoms with Crippen molar-refractivity contribution in [1.82, 2.24) is 4.57 Å². The average molecular weight is 362 g/mol. The second kappa shape index (κ2) is 6.21. The van der Waals surface area contributed by atoms with Gasteiger partial charge in [-0.05, 0) is 37.4 Å². The maximum atomic E-state index is 11.2.